The molecule has 1 heterocycles. The van der Waals surface area contributed by atoms with Crippen molar-refractivity contribution < 1.29 is 19.3 Å². The van der Waals surface area contributed by atoms with Crippen LogP contribution in [0.4, 0.5) is 0 Å². The molecule has 2 aliphatic rings. The Bertz CT molecular complexity index is 548. The Balaban J connectivity index is 1.83. The van der Waals surface area contributed by atoms with E-state index in [-0.39, 0.29) is 12.1 Å². The Morgan fingerprint density at radius 3 is 2.50 bits per heavy atom. The monoisotopic (exact) mass is 335 g/mol. The van der Waals surface area contributed by atoms with Crippen LogP contribution in [-0.4, -0.2) is 49.0 Å². The van der Waals surface area contributed by atoms with Gasteiger partial charge in [-0.1, -0.05) is 19.8 Å². The Morgan fingerprint density at radius 1 is 1.12 bits per heavy atom. The number of benzene rings is 1. The van der Waals surface area contributed by atoms with Crippen molar-refractivity contribution >= 4 is 0 Å². The highest BCUT2D eigenvalue weighted by atomic mass is 16.5. The summed E-state index contributed by atoms with van der Waals surface area (Å²) >= 11 is 0. The normalized spacial score (nSPS) is 23.8. The van der Waals surface area contributed by atoms with E-state index in [1.165, 1.54) is 6.42 Å². The summed E-state index contributed by atoms with van der Waals surface area (Å²) in [5.41, 5.74) is 1.08. The molecule has 1 N–H and O–H groups in total. The van der Waals surface area contributed by atoms with E-state index in [1.807, 2.05) is 12.1 Å². The predicted octanol–water partition coefficient (Wildman–Crippen LogP) is 2.98. The molecule has 0 saturated heterocycles. The lowest BCUT2D eigenvalue weighted by molar-refractivity contribution is 0.0179. The van der Waals surface area contributed by atoms with E-state index in [0.717, 1.165) is 61.6 Å². The molecule has 0 aromatic heterocycles. The van der Waals surface area contributed by atoms with Crippen LogP contribution in [0, 0.1) is 0 Å². The molecular weight excluding hydrogens is 306 g/mol. The van der Waals surface area contributed by atoms with Gasteiger partial charge in [-0.2, -0.15) is 0 Å². The quantitative estimate of drug-likeness (QED) is 0.896. The predicted molar refractivity (Wildman–Crippen MR) is 92.9 cm³/mol. The van der Waals surface area contributed by atoms with E-state index in [0.29, 0.717) is 13.2 Å². The van der Waals surface area contributed by atoms with Crippen molar-refractivity contribution in [3.8, 4) is 17.2 Å². The van der Waals surface area contributed by atoms with E-state index < -0.39 is 0 Å². The molecule has 0 spiro atoms. The first-order chi connectivity index (χ1) is 11.7. The molecule has 0 radical (unpaired) electrons. The Kier molecular flexibility index (Phi) is 5.85. The number of methoxy groups -OCH3 is 1. The van der Waals surface area contributed by atoms with Gasteiger partial charge in [-0.05, 0) is 25.5 Å². The number of ether oxygens (including phenoxy) is 3. The Labute approximate surface area is 144 Å². The third-order valence-electron chi connectivity index (χ3n) is 5.09. The first-order valence-electron chi connectivity index (χ1n) is 9.11. The number of aliphatic hydroxyl groups excluding tert-OH is 1. The Hall–Kier alpha value is -1.46. The van der Waals surface area contributed by atoms with Crippen molar-refractivity contribution in [2.45, 2.75) is 57.7 Å². The molecule has 0 bridgehead atoms. The molecular formula is C19H29NO4. The van der Waals surface area contributed by atoms with Gasteiger partial charge in [0.1, 0.15) is 5.75 Å². The summed E-state index contributed by atoms with van der Waals surface area (Å²) < 4.78 is 17.2. The van der Waals surface area contributed by atoms with E-state index in [1.54, 1.807) is 7.11 Å². The van der Waals surface area contributed by atoms with Crippen LogP contribution in [0.3, 0.4) is 0 Å². The zero-order valence-corrected chi connectivity index (χ0v) is 14.8. The molecule has 0 unspecified atom stereocenters. The molecule has 1 aromatic rings. The molecule has 3 rings (SSSR count). The average molecular weight is 335 g/mol. The van der Waals surface area contributed by atoms with Gasteiger partial charge < -0.3 is 19.3 Å². The van der Waals surface area contributed by atoms with Gasteiger partial charge in [0.05, 0.1) is 26.4 Å². The van der Waals surface area contributed by atoms with Gasteiger partial charge in [-0.3, -0.25) is 4.90 Å². The first-order valence-corrected chi connectivity index (χ1v) is 9.11. The van der Waals surface area contributed by atoms with Crippen LogP contribution >= 0.6 is 0 Å². The minimum absolute atomic E-state index is 0.226. The van der Waals surface area contributed by atoms with Gasteiger partial charge in [0.25, 0.3) is 0 Å². The van der Waals surface area contributed by atoms with Crippen molar-refractivity contribution in [1.82, 2.24) is 4.90 Å². The van der Waals surface area contributed by atoms with Crippen LogP contribution in [-0.2, 0) is 6.54 Å². The van der Waals surface area contributed by atoms with Crippen LogP contribution in [0.2, 0.25) is 0 Å². The maximum Gasteiger partial charge on any atom is 0.164 e. The standard InChI is InChI=1S/C19H29NO4/c1-3-20(15-7-4-5-8-16(15)21)13-14-11-18-19(12-17(14)22-2)24-10-6-9-23-18/h11-12,15-16,21H,3-10,13H2,1-2H3/t15-,16-/m0/s1. The topological polar surface area (TPSA) is 51.2 Å². The maximum absolute atomic E-state index is 10.4. The third-order valence-corrected chi connectivity index (χ3v) is 5.09. The van der Waals surface area contributed by atoms with Crippen LogP contribution in [0.5, 0.6) is 17.2 Å². The molecule has 1 fully saturated rings. The minimum atomic E-state index is -0.231. The van der Waals surface area contributed by atoms with Crippen molar-refractivity contribution in [1.29, 1.82) is 0 Å². The molecule has 24 heavy (non-hydrogen) atoms. The van der Waals surface area contributed by atoms with Crippen LogP contribution in [0.15, 0.2) is 12.1 Å². The second-order valence-corrected chi connectivity index (χ2v) is 6.64. The second kappa shape index (κ2) is 8.08. The van der Waals surface area contributed by atoms with Crippen molar-refractivity contribution in [2.75, 3.05) is 26.9 Å². The number of fused-ring (bicyclic) bond motifs is 1. The van der Waals surface area contributed by atoms with E-state index in [4.69, 9.17) is 14.2 Å². The van der Waals surface area contributed by atoms with Crippen LogP contribution in [0.25, 0.3) is 0 Å². The van der Waals surface area contributed by atoms with Gasteiger partial charge in [0, 0.05) is 30.6 Å². The van der Waals surface area contributed by atoms with Crippen molar-refractivity contribution in [2.24, 2.45) is 0 Å². The van der Waals surface area contributed by atoms with Crippen LogP contribution in [0.1, 0.15) is 44.6 Å². The second-order valence-electron chi connectivity index (χ2n) is 6.64. The summed E-state index contributed by atoms with van der Waals surface area (Å²) in [5, 5.41) is 10.4. The fraction of sp³-hybridized carbons (Fsp3) is 0.684. The summed E-state index contributed by atoms with van der Waals surface area (Å²) in [6.45, 7) is 5.15. The zero-order valence-electron chi connectivity index (χ0n) is 14.8. The fourth-order valence-electron chi connectivity index (χ4n) is 3.75. The highest BCUT2D eigenvalue weighted by Gasteiger charge is 2.29. The summed E-state index contributed by atoms with van der Waals surface area (Å²) in [4.78, 5) is 2.35. The SMILES string of the molecule is CCN(Cc1cc2c(cc1OC)OCCCO2)[C@H]1CCCC[C@@H]1O. The van der Waals surface area contributed by atoms with Crippen molar-refractivity contribution in [3.63, 3.8) is 0 Å². The van der Waals surface area contributed by atoms with Crippen LogP contribution < -0.4 is 14.2 Å². The number of hydrogen-bond acceptors (Lipinski definition) is 5. The summed E-state index contributed by atoms with van der Waals surface area (Å²) in [6, 6.07) is 4.20. The molecule has 2 atom stereocenters. The number of rotatable bonds is 5. The molecule has 1 saturated carbocycles. The van der Waals surface area contributed by atoms with E-state index >= 15 is 0 Å². The molecule has 1 aliphatic carbocycles. The number of likely N-dealkylation sites (N-methyl/N-ethyl adjacent to an activating group) is 1. The van der Waals surface area contributed by atoms with E-state index in [9.17, 15) is 5.11 Å². The van der Waals surface area contributed by atoms with Crippen molar-refractivity contribution in [3.05, 3.63) is 17.7 Å². The Morgan fingerprint density at radius 2 is 1.83 bits per heavy atom. The highest BCUT2D eigenvalue weighted by molar-refractivity contribution is 5.51. The minimum Gasteiger partial charge on any atom is -0.496 e. The number of hydrogen-bond donors (Lipinski definition) is 1. The summed E-state index contributed by atoms with van der Waals surface area (Å²) in [7, 11) is 1.69. The van der Waals surface area contributed by atoms with Gasteiger partial charge >= 0.3 is 0 Å². The van der Waals surface area contributed by atoms with Gasteiger partial charge in [-0.15, -0.1) is 0 Å². The maximum atomic E-state index is 10.4. The van der Waals surface area contributed by atoms with Gasteiger partial charge in [0.2, 0.25) is 0 Å². The number of aliphatic hydroxyl groups is 1. The molecule has 134 valence electrons. The lowest BCUT2D eigenvalue weighted by Gasteiger charge is -2.37. The summed E-state index contributed by atoms with van der Waals surface area (Å²) in [6.07, 6.45) is 4.94. The lowest BCUT2D eigenvalue weighted by Crippen LogP contribution is -2.45. The summed E-state index contributed by atoms with van der Waals surface area (Å²) in [5.74, 6) is 2.38. The zero-order chi connectivity index (χ0) is 16.9. The third kappa shape index (κ3) is 3.78. The largest absolute Gasteiger partial charge is 0.496 e. The number of nitrogens with zero attached hydrogens (tertiary/aromatic N) is 1. The average Bonchev–Trinajstić information content (AvgIpc) is 2.84. The smallest absolute Gasteiger partial charge is 0.164 e. The fourth-order valence-corrected chi connectivity index (χ4v) is 3.75. The van der Waals surface area contributed by atoms with Gasteiger partial charge in [-0.25, -0.2) is 0 Å². The first kappa shape index (κ1) is 17.4. The molecule has 0 amide bonds. The molecule has 1 aromatic carbocycles. The van der Waals surface area contributed by atoms with E-state index in [2.05, 4.69) is 11.8 Å². The highest BCUT2D eigenvalue weighted by Crippen LogP contribution is 2.37. The lowest BCUT2D eigenvalue weighted by atomic mass is 9.91. The van der Waals surface area contributed by atoms with Gasteiger partial charge in [0.15, 0.2) is 11.5 Å². The molecule has 1 aliphatic heterocycles. The molecule has 5 heteroatoms. The molecule has 5 nitrogen and oxygen atoms in total.